The third kappa shape index (κ3) is 3.34. The van der Waals surface area contributed by atoms with E-state index in [0.717, 1.165) is 0 Å². The summed E-state index contributed by atoms with van der Waals surface area (Å²) in [5.74, 6) is 0.496. The first-order valence-electron chi connectivity index (χ1n) is 4.41. The molecule has 1 unspecified atom stereocenters. The first-order valence-corrected chi connectivity index (χ1v) is 5.20. The van der Waals surface area contributed by atoms with Crippen LogP contribution in [-0.4, -0.2) is 22.8 Å². The van der Waals surface area contributed by atoms with E-state index in [1.54, 1.807) is 25.1 Å². The molecule has 5 heteroatoms. The summed E-state index contributed by atoms with van der Waals surface area (Å²) in [4.78, 5) is 0.182. The zero-order valence-corrected chi connectivity index (χ0v) is 9.81. The minimum Gasteiger partial charge on any atom is -0.490 e. The molecule has 15 heavy (non-hydrogen) atoms. The van der Waals surface area contributed by atoms with Gasteiger partial charge in [-0.05, 0) is 19.1 Å². The summed E-state index contributed by atoms with van der Waals surface area (Å²) >= 11 is 10.8. The van der Waals surface area contributed by atoms with Crippen LogP contribution in [0.5, 0.6) is 5.75 Å². The van der Waals surface area contributed by atoms with Crippen LogP contribution in [0.15, 0.2) is 18.2 Å². The van der Waals surface area contributed by atoms with Crippen LogP contribution in [0.4, 0.5) is 0 Å². The summed E-state index contributed by atoms with van der Waals surface area (Å²) in [7, 11) is 0. The average Bonchev–Trinajstić information content (AvgIpc) is 2.13. The minimum atomic E-state index is -0.553. The largest absolute Gasteiger partial charge is 0.490 e. The molecule has 82 valence electrons. The molecular weight excluding hydrogens is 234 g/mol. The van der Waals surface area contributed by atoms with Crippen molar-refractivity contribution in [3.05, 3.63) is 28.8 Å². The van der Waals surface area contributed by atoms with Gasteiger partial charge in [0.1, 0.15) is 17.3 Å². The third-order valence-electron chi connectivity index (χ3n) is 1.70. The number of ether oxygens (including phenoxy) is 1. The molecule has 0 aliphatic heterocycles. The summed E-state index contributed by atoms with van der Waals surface area (Å²) in [6.07, 6.45) is -0.553. The lowest BCUT2D eigenvalue weighted by Crippen LogP contribution is -2.17. The number of aliphatic hydroxyl groups is 1. The molecule has 0 fully saturated rings. The van der Waals surface area contributed by atoms with E-state index >= 15 is 0 Å². The molecule has 1 aromatic rings. The summed E-state index contributed by atoms with van der Waals surface area (Å²) < 4.78 is 5.34. The number of nitrogens with two attached hydrogens (primary N) is 1. The molecule has 1 atom stereocenters. The van der Waals surface area contributed by atoms with Gasteiger partial charge in [-0.1, -0.05) is 29.9 Å². The Morgan fingerprint density at radius 3 is 2.87 bits per heavy atom. The monoisotopic (exact) mass is 245 g/mol. The lowest BCUT2D eigenvalue weighted by Gasteiger charge is -2.12. The van der Waals surface area contributed by atoms with Gasteiger partial charge in [-0.25, -0.2) is 0 Å². The van der Waals surface area contributed by atoms with Crippen molar-refractivity contribution < 1.29 is 9.84 Å². The average molecular weight is 246 g/mol. The number of aliphatic hydroxyl groups excluding tert-OH is 1. The quantitative estimate of drug-likeness (QED) is 0.794. The van der Waals surface area contributed by atoms with Crippen LogP contribution >= 0.6 is 23.8 Å². The fourth-order valence-electron chi connectivity index (χ4n) is 1.07. The van der Waals surface area contributed by atoms with E-state index < -0.39 is 6.10 Å². The van der Waals surface area contributed by atoms with Crippen molar-refractivity contribution in [1.82, 2.24) is 0 Å². The van der Waals surface area contributed by atoms with Gasteiger partial charge >= 0.3 is 0 Å². The van der Waals surface area contributed by atoms with Crippen LogP contribution < -0.4 is 10.5 Å². The fraction of sp³-hybridized carbons (Fsp3) is 0.300. The van der Waals surface area contributed by atoms with Crippen LogP contribution in [-0.2, 0) is 0 Å². The maximum atomic E-state index is 9.09. The van der Waals surface area contributed by atoms with E-state index in [9.17, 15) is 0 Å². The highest BCUT2D eigenvalue weighted by atomic mass is 35.5. The number of hydrogen-bond donors (Lipinski definition) is 2. The highest BCUT2D eigenvalue weighted by molar-refractivity contribution is 7.80. The van der Waals surface area contributed by atoms with Crippen LogP contribution in [0.25, 0.3) is 0 Å². The van der Waals surface area contributed by atoms with Crippen LogP contribution in [0.1, 0.15) is 12.5 Å². The smallest absolute Gasteiger partial charge is 0.131 e. The van der Waals surface area contributed by atoms with Gasteiger partial charge in [0, 0.05) is 0 Å². The SMILES string of the molecule is CC(O)COc1cccc(Cl)c1C(N)=S. The molecule has 0 radical (unpaired) electrons. The first-order chi connectivity index (χ1) is 7.02. The Labute approximate surface area is 98.8 Å². The Bertz CT molecular complexity index is 368. The lowest BCUT2D eigenvalue weighted by atomic mass is 10.2. The van der Waals surface area contributed by atoms with E-state index in [0.29, 0.717) is 16.3 Å². The third-order valence-corrected chi connectivity index (χ3v) is 2.22. The van der Waals surface area contributed by atoms with Crippen molar-refractivity contribution in [2.24, 2.45) is 5.73 Å². The maximum absolute atomic E-state index is 9.09. The molecular formula is C10H12ClNO2S. The molecule has 0 saturated heterocycles. The van der Waals surface area contributed by atoms with Gasteiger partial charge in [0.25, 0.3) is 0 Å². The maximum Gasteiger partial charge on any atom is 0.131 e. The second-order valence-electron chi connectivity index (χ2n) is 3.14. The van der Waals surface area contributed by atoms with Crippen molar-refractivity contribution in [1.29, 1.82) is 0 Å². The van der Waals surface area contributed by atoms with Crippen molar-refractivity contribution in [2.75, 3.05) is 6.61 Å². The molecule has 0 spiro atoms. The summed E-state index contributed by atoms with van der Waals surface area (Å²) in [5, 5.41) is 9.54. The number of benzene rings is 1. The summed E-state index contributed by atoms with van der Waals surface area (Å²) in [5.41, 5.74) is 6.04. The van der Waals surface area contributed by atoms with Crippen molar-refractivity contribution in [3.63, 3.8) is 0 Å². The molecule has 0 heterocycles. The molecule has 0 amide bonds. The molecule has 0 saturated carbocycles. The Kier molecular flexibility index (Phi) is 4.32. The van der Waals surface area contributed by atoms with E-state index in [1.807, 2.05) is 0 Å². The van der Waals surface area contributed by atoms with Crippen LogP contribution in [0.3, 0.4) is 0 Å². The van der Waals surface area contributed by atoms with Gasteiger partial charge in [0.2, 0.25) is 0 Å². The van der Waals surface area contributed by atoms with Crippen LogP contribution in [0, 0.1) is 0 Å². The van der Waals surface area contributed by atoms with E-state index in [4.69, 9.17) is 39.4 Å². The normalized spacial score (nSPS) is 12.2. The van der Waals surface area contributed by atoms with Gasteiger partial charge in [0.05, 0.1) is 16.7 Å². The van der Waals surface area contributed by atoms with Crippen molar-refractivity contribution in [3.8, 4) is 5.75 Å². The predicted octanol–water partition coefficient (Wildman–Crippen LogP) is 1.73. The zero-order valence-electron chi connectivity index (χ0n) is 8.24. The van der Waals surface area contributed by atoms with Crippen molar-refractivity contribution in [2.45, 2.75) is 13.0 Å². The Hall–Kier alpha value is -0.840. The second kappa shape index (κ2) is 5.30. The Balaban J connectivity index is 2.96. The molecule has 0 aromatic heterocycles. The molecule has 3 N–H and O–H groups in total. The van der Waals surface area contributed by atoms with E-state index in [2.05, 4.69) is 0 Å². The number of halogens is 1. The van der Waals surface area contributed by atoms with E-state index in [-0.39, 0.29) is 11.6 Å². The molecule has 1 aromatic carbocycles. The molecule has 0 aliphatic rings. The standard InChI is InChI=1S/C10H12ClNO2S/c1-6(13)5-14-8-4-2-3-7(11)9(8)10(12)15/h2-4,6,13H,5H2,1H3,(H2,12,15). The molecule has 0 bridgehead atoms. The number of rotatable bonds is 4. The second-order valence-corrected chi connectivity index (χ2v) is 3.98. The first kappa shape index (κ1) is 12.2. The van der Waals surface area contributed by atoms with Gasteiger partial charge in [-0.15, -0.1) is 0 Å². The molecule has 3 nitrogen and oxygen atoms in total. The minimum absolute atomic E-state index is 0.177. The summed E-state index contributed by atoms with van der Waals surface area (Å²) in [6.45, 7) is 1.81. The lowest BCUT2D eigenvalue weighted by molar-refractivity contribution is 0.122. The number of hydrogen-bond acceptors (Lipinski definition) is 3. The fourth-order valence-corrected chi connectivity index (χ4v) is 1.61. The topological polar surface area (TPSA) is 55.5 Å². The van der Waals surface area contributed by atoms with Gasteiger partial charge in [-0.2, -0.15) is 0 Å². The zero-order chi connectivity index (χ0) is 11.4. The molecule has 1 rings (SSSR count). The van der Waals surface area contributed by atoms with Crippen molar-refractivity contribution >= 4 is 28.8 Å². The highest BCUT2D eigenvalue weighted by Crippen LogP contribution is 2.26. The summed E-state index contributed by atoms with van der Waals surface area (Å²) in [6, 6.07) is 5.13. The Morgan fingerprint density at radius 2 is 2.33 bits per heavy atom. The highest BCUT2D eigenvalue weighted by Gasteiger charge is 2.11. The number of thiocarbonyl (C=S) groups is 1. The van der Waals surface area contributed by atoms with E-state index in [1.165, 1.54) is 0 Å². The Morgan fingerprint density at radius 1 is 1.67 bits per heavy atom. The van der Waals surface area contributed by atoms with Gasteiger partial charge in [-0.3, -0.25) is 0 Å². The van der Waals surface area contributed by atoms with Gasteiger partial charge < -0.3 is 15.6 Å². The molecule has 0 aliphatic carbocycles. The van der Waals surface area contributed by atoms with Gasteiger partial charge in [0.15, 0.2) is 0 Å². The predicted molar refractivity (Wildman–Crippen MR) is 64.5 cm³/mol. The van der Waals surface area contributed by atoms with Crippen LogP contribution in [0.2, 0.25) is 5.02 Å².